The summed E-state index contributed by atoms with van der Waals surface area (Å²) in [5.74, 6) is 2.10. The topological polar surface area (TPSA) is 76.5 Å². The highest BCUT2D eigenvalue weighted by atomic mass is 16.5. The van der Waals surface area contributed by atoms with Crippen molar-refractivity contribution in [3.63, 3.8) is 0 Å². The van der Waals surface area contributed by atoms with E-state index in [4.69, 9.17) is 19.7 Å². The van der Waals surface area contributed by atoms with Gasteiger partial charge in [0, 0.05) is 22.6 Å². The average Bonchev–Trinajstić information content (AvgIpc) is 2.37. The Bertz CT molecular complexity index is 452. The van der Waals surface area contributed by atoms with Crippen molar-refractivity contribution in [1.82, 2.24) is 0 Å². The Balaban J connectivity index is 2.39. The molecule has 2 rings (SSSR count). The molecule has 0 aromatic heterocycles. The first-order valence-electron chi connectivity index (χ1n) is 5.20. The molecule has 90 valence electrons. The Morgan fingerprint density at radius 1 is 1.41 bits per heavy atom. The van der Waals surface area contributed by atoms with Crippen molar-refractivity contribution in [1.29, 1.82) is 0 Å². The summed E-state index contributed by atoms with van der Waals surface area (Å²) >= 11 is 0. The van der Waals surface area contributed by atoms with Crippen LogP contribution in [0.25, 0.3) is 10.4 Å². The zero-order chi connectivity index (χ0) is 12.3. The van der Waals surface area contributed by atoms with Gasteiger partial charge in [-0.25, -0.2) is 0 Å². The fourth-order valence-electron chi connectivity index (χ4n) is 1.85. The molecule has 0 saturated heterocycles. The van der Waals surface area contributed by atoms with Crippen molar-refractivity contribution in [2.75, 3.05) is 20.8 Å². The fourth-order valence-corrected chi connectivity index (χ4v) is 1.85. The minimum Gasteiger partial charge on any atom is -0.496 e. The van der Waals surface area contributed by atoms with Gasteiger partial charge in [0.25, 0.3) is 0 Å². The van der Waals surface area contributed by atoms with Crippen molar-refractivity contribution >= 4 is 0 Å². The second-order valence-electron chi connectivity index (χ2n) is 3.68. The Morgan fingerprint density at radius 3 is 2.88 bits per heavy atom. The summed E-state index contributed by atoms with van der Waals surface area (Å²) in [7, 11) is 3.18. The number of benzene rings is 1. The van der Waals surface area contributed by atoms with Crippen LogP contribution in [0, 0.1) is 0 Å². The fraction of sp³-hybridized carbons (Fsp3) is 0.455. The molecule has 0 amide bonds. The molecule has 0 radical (unpaired) electrons. The van der Waals surface area contributed by atoms with Crippen LogP contribution < -0.4 is 14.2 Å². The van der Waals surface area contributed by atoms with Crippen LogP contribution in [0.1, 0.15) is 5.56 Å². The van der Waals surface area contributed by atoms with Crippen molar-refractivity contribution < 1.29 is 14.2 Å². The number of methoxy groups -OCH3 is 2. The summed E-state index contributed by atoms with van der Waals surface area (Å²) in [6.07, 6.45) is 0.618. The van der Waals surface area contributed by atoms with E-state index in [1.165, 1.54) is 0 Å². The lowest BCUT2D eigenvalue weighted by Gasteiger charge is -2.24. The van der Waals surface area contributed by atoms with Crippen molar-refractivity contribution in [3.8, 4) is 17.2 Å². The van der Waals surface area contributed by atoms with Gasteiger partial charge in [-0.3, -0.25) is 0 Å². The number of nitrogens with zero attached hydrogens (tertiary/aromatic N) is 3. The third-order valence-electron chi connectivity index (χ3n) is 2.68. The molecule has 1 atom stereocenters. The van der Waals surface area contributed by atoms with E-state index < -0.39 is 0 Å². The molecule has 0 spiro atoms. The normalized spacial score (nSPS) is 17.4. The molecule has 1 unspecified atom stereocenters. The van der Waals surface area contributed by atoms with Gasteiger partial charge in [0.15, 0.2) is 0 Å². The van der Waals surface area contributed by atoms with Gasteiger partial charge >= 0.3 is 0 Å². The van der Waals surface area contributed by atoms with E-state index in [0.29, 0.717) is 24.5 Å². The Hall–Kier alpha value is -2.07. The predicted molar refractivity (Wildman–Crippen MR) is 61.7 cm³/mol. The molecule has 0 aliphatic carbocycles. The van der Waals surface area contributed by atoms with Crippen LogP contribution in [-0.2, 0) is 6.42 Å². The minimum absolute atomic E-state index is 0.185. The minimum atomic E-state index is -0.185. The molecule has 17 heavy (non-hydrogen) atoms. The molecule has 1 aliphatic heterocycles. The van der Waals surface area contributed by atoms with Gasteiger partial charge in [0.2, 0.25) is 0 Å². The summed E-state index contributed by atoms with van der Waals surface area (Å²) in [5, 5.41) is 3.67. The van der Waals surface area contributed by atoms with Gasteiger partial charge in [-0.2, -0.15) is 0 Å². The third kappa shape index (κ3) is 2.21. The van der Waals surface area contributed by atoms with Crippen molar-refractivity contribution in [3.05, 3.63) is 28.1 Å². The zero-order valence-electron chi connectivity index (χ0n) is 9.71. The predicted octanol–water partition coefficient (Wildman–Crippen LogP) is 2.32. The average molecular weight is 235 g/mol. The first kappa shape index (κ1) is 11.4. The van der Waals surface area contributed by atoms with E-state index in [9.17, 15) is 0 Å². The van der Waals surface area contributed by atoms with E-state index in [1.54, 1.807) is 20.3 Å². The summed E-state index contributed by atoms with van der Waals surface area (Å²) in [6.45, 7) is 0.382. The number of hydrogen-bond donors (Lipinski definition) is 0. The SMILES string of the molecule is COc1cc(OC)c2c(c1)OCC(N=[N+]=[N-])C2. The maximum atomic E-state index is 8.43. The van der Waals surface area contributed by atoms with Crippen molar-refractivity contribution in [2.24, 2.45) is 5.11 Å². The molecule has 1 aliphatic rings. The standard InChI is InChI=1S/C11H13N3O3/c1-15-8-4-10(16-2)9-3-7(13-14-12)6-17-11(9)5-8/h4-5,7H,3,6H2,1-2H3. The molecule has 1 heterocycles. The molecule has 6 heteroatoms. The van der Waals surface area contributed by atoms with Gasteiger partial charge < -0.3 is 14.2 Å². The lowest BCUT2D eigenvalue weighted by atomic mass is 10.0. The molecule has 0 N–H and O–H groups in total. The highest BCUT2D eigenvalue weighted by Crippen LogP contribution is 2.37. The molecule has 1 aromatic carbocycles. The van der Waals surface area contributed by atoms with E-state index in [2.05, 4.69) is 10.0 Å². The smallest absolute Gasteiger partial charge is 0.129 e. The third-order valence-corrected chi connectivity index (χ3v) is 2.68. The summed E-state index contributed by atoms with van der Waals surface area (Å²) in [5.41, 5.74) is 9.34. The molecule has 0 bridgehead atoms. The first-order chi connectivity index (χ1) is 8.28. The zero-order valence-corrected chi connectivity index (χ0v) is 9.71. The Labute approximate surface area is 98.7 Å². The van der Waals surface area contributed by atoms with Crippen LogP contribution in [0.2, 0.25) is 0 Å². The van der Waals surface area contributed by atoms with Crippen LogP contribution >= 0.6 is 0 Å². The lowest BCUT2D eigenvalue weighted by molar-refractivity contribution is 0.256. The van der Waals surface area contributed by atoms with Crippen LogP contribution in [0.15, 0.2) is 17.2 Å². The number of ether oxygens (including phenoxy) is 3. The van der Waals surface area contributed by atoms with Crippen LogP contribution in [-0.4, -0.2) is 26.9 Å². The van der Waals surface area contributed by atoms with E-state index in [1.807, 2.05) is 6.07 Å². The van der Waals surface area contributed by atoms with Crippen LogP contribution in [0.3, 0.4) is 0 Å². The van der Waals surface area contributed by atoms with E-state index in [0.717, 1.165) is 11.3 Å². The number of hydrogen-bond acceptors (Lipinski definition) is 4. The monoisotopic (exact) mass is 235 g/mol. The molecular weight excluding hydrogens is 222 g/mol. The number of fused-ring (bicyclic) bond motifs is 1. The summed E-state index contributed by atoms with van der Waals surface area (Å²) in [4.78, 5) is 2.80. The number of azide groups is 1. The molecule has 6 nitrogen and oxygen atoms in total. The second kappa shape index (κ2) is 4.84. The highest BCUT2D eigenvalue weighted by Gasteiger charge is 2.23. The summed E-state index contributed by atoms with van der Waals surface area (Å²) < 4.78 is 16.0. The Kier molecular flexibility index (Phi) is 3.25. The van der Waals surface area contributed by atoms with E-state index >= 15 is 0 Å². The first-order valence-corrected chi connectivity index (χ1v) is 5.20. The van der Waals surface area contributed by atoms with Gasteiger partial charge in [-0.15, -0.1) is 0 Å². The van der Waals surface area contributed by atoms with E-state index in [-0.39, 0.29) is 6.04 Å². The van der Waals surface area contributed by atoms with Gasteiger partial charge in [-0.1, -0.05) is 5.11 Å². The lowest BCUT2D eigenvalue weighted by Crippen LogP contribution is -2.24. The maximum Gasteiger partial charge on any atom is 0.129 e. The molecule has 1 aromatic rings. The number of rotatable bonds is 3. The second-order valence-corrected chi connectivity index (χ2v) is 3.68. The van der Waals surface area contributed by atoms with Gasteiger partial charge in [0.05, 0.1) is 26.9 Å². The summed E-state index contributed by atoms with van der Waals surface area (Å²) in [6, 6.07) is 3.42. The quantitative estimate of drug-likeness (QED) is 0.458. The van der Waals surface area contributed by atoms with Crippen LogP contribution in [0.4, 0.5) is 0 Å². The molecule has 0 saturated carbocycles. The van der Waals surface area contributed by atoms with Gasteiger partial charge in [-0.05, 0) is 12.0 Å². The maximum absolute atomic E-state index is 8.43. The molecular formula is C11H13N3O3. The molecule has 0 fully saturated rings. The van der Waals surface area contributed by atoms with Crippen molar-refractivity contribution in [2.45, 2.75) is 12.5 Å². The largest absolute Gasteiger partial charge is 0.496 e. The Morgan fingerprint density at radius 2 is 2.24 bits per heavy atom. The van der Waals surface area contributed by atoms with Crippen LogP contribution in [0.5, 0.6) is 17.2 Å². The highest BCUT2D eigenvalue weighted by molar-refractivity contribution is 5.52. The van der Waals surface area contributed by atoms with Gasteiger partial charge in [0.1, 0.15) is 17.2 Å².